The molecule has 2 aromatic rings. The number of hydrogen-bond donors (Lipinski definition) is 0. The SMILES string of the molecule is CN(C)S(=O)(=O)c1ccc2c(c1)CCCN2C(=O)COc1ccc(F)cc1Cl. The number of anilines is 1. The number of carbonyl (C=O) groups excluding carboxylic acids is 1. The van der Waals surface area contributed by atoms with Crippen LogP contribution in [0.25, 0.3) is 0 Å². The average Bonchev–Trinajstić information content (AvgIpc) is 2.66. The molecule has 0 aliphatic carbocycles. The molecule has 9 heteroatoms. The number of hydrogen-bond acceptors (Lipinski definition) is 4. The van der Waals surface area contributed by atoms with Gasteiger partial charge in [0.1, 0.15) is 11.6 Å². The van der Waals surface area contributed by atoms with E-state index in [-0.39, 0.29) is 28.2 Å². The van der Waals surface area contributed by atoms with Crippen molar-refractivity contribution in [3.63, 3.8) is 0 Å². The minimum atomic E-state index is -3.54. The van der Waals surface area contributed by atoms with Crippen LogP contribution in [-0.2, 0) is 21.2 Å². The largest absolute Gasteiger partial charge is 0.482 e. The van der Waals surface area contributed by atoms with Crippen LogP contribution in [0.3, 0.4) is 0 Å². The third kappa shape index (κ3) is 4.14. The van der Waals surface area contributed by atoms with Crippen LogP contribution in [0.4, 0.5) is 10.1 Å². The Balaban J connectivity index is 1.79. The van der Waals surface area contributed by atoms with E-state index in [1.165, 1.54) is 32.3 Å². The maximum atomic E-state index is 13.1. The monoisotopic (exact) mass is 426 g/mol. The molecule has 1 heterocycles. The van der Waals surface area contributed by atoms with Gasteiger partial charge < -0.3 is 9.64 Å². The molecule has 2 aromatic carbocycles. The molecule has 1 aliphatic heterocycles. The molecule has 0 aromatic heterocycles. The van der Waals surface area contributed by atoms with E-state index in [1.54, 1.807) is 17.0 Å². The zero-order valence-electron chi connectivity index (χ0n) is 15.5. The van der Waals surface area contributed by atoms with Gasteiger partial charge in [-0.3, -0.25) is 4.79 Å². The molecule has 0 saturated carbocycles. The predicted octanol–water partition coefficient (Wildman–Crippen LogP) is 3.09. The summed E-state index contributed by atoms with van der Waals surface area (Å²) in [6.45, 7) is 0.245. The van der Waals surface area contributed by atoms with E-state index in [0.29, 0.717) is 25.1 Å². The maximum Gasteiger partial charge on any atom is 0.264 e. The molecular formula is C19H20ClFN2O4S. The first-order valence-electron chi connectivity index (χ1n) is 8.64. The van der Waals surface area contributed by atoms with Crippen LogP contribution in [-0.4, -0.2) is 45.9 Å². The van der Waals surface area contributed by atoms with Crippen LogP contribution in [0.1, 0.15) is 12.0 Å². The lowest BCUT2D eigenvalue weighted by Crippen LogP contribution is -2.38. The van der Waals surface area contributed by atoms with Gasteiger partial charge in [0.05, 0.1) is 9.92 Å². The molecule has 0 fully saturated rings. The number of amides is 1. The lowest BCUT2D eigenvalue weighted by molar-refractivity contribution is -0.120. The highest BCUT2D eigenvalue weighted by Crippen LogP contribution is 2.31. The fourth-order valence-electron chi connectivity index (χ4n) is 3.01. The van der Waals surface area contributed by atoms with E-state index < -0.39 is 15.8 Å². The first kappa shape index (κ1) is 20.6. The van der Waals surface area contributed by atoms with E-state index in [1.807, 2.05) is 0 Å². The molecular weight excluding hydrogens is 407 g/mol. The first-order valence-corrected chi connectivity index (χ1v) is 10.5. The van der Waals surface area contributed by atoms with Gasteiger partial charge in [-0.1, -0.05) is 11.6 Å². The van der Waals surface area contributed by atoms with Crippen molar-refractivity contribution in [2.75, 3.05) is 32.1 Å². The van der Waals surface area contributed by atoms with Crippen molar-refractivity contribution in [2.45, 2.75) is 17.7 Å². The summed E-state index contributed by atoms with van der Waals surface area (Å²) in [5.74, 6) is -0.553. The Hall–Kier alpha value is -2.16. The summed E-state index contributed by atoms with van der Waals surface area (Å²) < 4.78 is 44.4. The molecule has 0 unspecified atom stereocenters. The number of halogens is 2. The van der Waals surface area contributed by atoms with E-state index in [4.69, 9.17) is 16.3 Å². The topological polar surface area (TPSA) is 66.9 Å². The van der Waals surface area contributed by atoms with Crippen molar-refractivity contribution in [1.29, 1.82) is 0 Å². The third-order valence-electron chi connectivity index (χ3n) is 4.49. The number of nitrogens with zero attached hydrogens (tertiary/aromatic N) is 2. The third-order valence-corrected chi connectivity index (χ3v) is 6.60. The number of carbonyl (C=O) groups is 1. The van der Waals surface area contributed by atoms with Gasteiger partial charge in [-0.05, 0) is 54.8 Å². The first-order chi connectivity index (χ1) is 13.2. The molecule has 6 nitrogen and oxygen atoms in total. The molecule has 0 saturated heterocycles. The zero-order chi connectivity index (χ0) is 20.5. The number of benzene rings is 2. The van der Waals surface area contributed by atoms with Crippen LogP contribution in [0.15, 0.2) is 41.3 Å². The van der Waals surface area contributed by atoms with Gasteiger partial charge in [0.15, 0.2) is 6.61 Å². The van der Waals surface area contributed by atoms with Gasteiger partial charge in [0, 0.05) is 26.3 Å². The van der Waals surface area contributed by atoms with Gasteiger partial charge in [-0.15, -0.1) is 0 Å². The van der Waals surface area contributed by atoms with E-state index in [2.05, 4.69) is 0 Å². The van der Waals surface area contributed by atoms with Crippen molar-refractivity contribution >= 4 is 33.2 Å². The highest BCUT2D eigenvalue weighted by molar-refractivity contribution is 7.89. The smallest absolute Gasteiger partial charge is 0.264 e. The molecule has 1 aliphatic rings. The fraction of sp³-hybridized carbons (Fsp3) is 0.316. The summed E-state index contributed by atoms with van der Waals surface area (Å²) >= 11 is 5.91. The number of sulfonamides is 1. The van der Waals surface area contributed by atoms with Crippen molar-refractivity contribution in [2.24, 2.45) is 0 Å². The van der Waals surface area contributed by atoms with Gasteiger partial charge in [0.2, 0.25) is 10.0 Å². The van der Waals surface area contributed by atoms with Crippen molar-refractivity contribution in [3.8, 4) is 5.75 Å². The van der Waals surface area contributed by atoms with E-state index >= 15 is 0 Å². The molecule has 0 radical (unpaired) electrons. The summed E-state index contributed by atoms with van der Waals surface area (Å²) in [6, 6.07) is 8.44. The summed E-state index contributed by atoms with van der Waals surface area (Å²) in [6.07, 6.45) is 1.39. The normalized spacial score (nSPS) is 14.1. The van der Waals surface area contributed by atoms with Crippen LogP contribution < -0.4 is 9.64 Å². The van der Waals surface area contributed by atoms with Gasteiger partial charge in [-0.2, -0.15) is 0 Å². The van der Waals surface area contributed by atoms with E-state index in [0.717, 1.165) is 15.9 Å². The molecule has 1 amide bonds. The second-order valence-electron chi connectivity index (χ2n) is 6.59. The summed E-state index contributed by atoms with van der Waals surface area (Å²) in [4.78, 5) is 14.4. The number of fused-ring (bicyclic) bond motifs is 1. The Morgan fingerprint density at radius 2 is 2.00 bits per heavy atom. The molecule has 0 N–H and O–H groups in total. The summed E-state index contributed by atoms with van der Waals surface area (Å²) in [7, 11) is -0.593. The lowest BCUT2D eigenvalue weighted by atomic mass is 10.0. The van der Waals surface area contributed by atoms with Crippen LogP contribution in [0.2, 0.25) is 5.02 Å². The molecule has 0 spiro atoms. The summed E-state index contributed by atoms with van der Waals surface area (Å²) in [5, 5.41) is 0.0883. The number of ether oxygens (including phenoxy) is 1. The molecule has 28 heavy (non-hydrogen) atoms. The Bertz CT molecular complexity index is 1010. The number of aryl methyl sites for hydroxylation is 1. The number of rotatable bonds is 5. The molecule has 0 atom stereocenters. The second kappa shape index (κ2) is 8.06. The molecule has 150 valence electrons. The Labute approximate surface area is 168 Å². The Morgan fingerprint density at radius 3 is 2.68 bits per heavy atom. The second-order valence-corrected chi connectivity index (χ2v) is 9.15. The highest BCUT2D eigenvalue weighted by Gasteiger charge is 2.26. The highest BCUT2D eigenvalue weighted by atomic mass is 35.5. The molecule has 3 rings (SSSR count). The van der Waals surface area contributed by atoms with Crippen molar-refractivity contribution in [3.05, 3.63) is 52.8 Å². The van der Waals surface area contributed by atoms with Crippen LogP contribution in [0.5, 0.6) is 5.75 Å². The zero-order valence-corrected chi connectivity index (χ0v) is 17.1. The fourth-order valence-corrected chi connectivity index (χ4v) is 4.19. The predicted molar refractivity (Wildman–Crippen MR) is 105 cm³/mol. The van der Waals surface area contributed by atoms with Gasteiger partial charge in [-0.25, -0.2) is 17.1 Å². The van der Waals surface area contributed by atoms with Gasteiger partial charge in [0.25, 0.3) is 5.91 Å². The lowest BCUT2D eigenvalue weighted by Gasteiger charge is -2.30. The average molecular weight is 427 g/mol. The Kier molecular flexibility index (Phi) is 5.92. The molecule has 0 bridgehead atoms. The van der Waals surface area contributed by atoms with Crippen LogP contribution >= 0.6 is 11.6 Å². The quantitative estimate of drug-likeness (QED) is 0.736. The summed E-state index contributed by atoms with van der Waals surface area (Å²) in [5.41, 5.74) is 1.46. The standard InChI is InChI=1S/C19H20ClFN2O4S/c1-22(2)28(25,26)15-6-7-17-13(10-15)4-3-9-23(17)19(24)12-27-18-8-5-14(21)11-16(18)20/h5-8,10-11H,3-4,9,12H2,1-2H3. The van der Waals surface area contributed by atoms with Crippen molar-refractivity contribution in [1.82, 2.24) is 4.31 Å². The van der Waals surface area contributed by atoms with Crippen LogP contribution in [0, 0.1) is 5.82 Å². The van der Waals surface area contributed by atoms with Gasteiger partial charge >= 0.3 is 0 Å². The Morgan fingerprint density at radius 1 is 1.25 bits per heavy atom. The minimum absolute atomic E-state index is 0.0883. The van der Waals surface area contributed by atoms with E-state index in [9.17, 15) is 17.6 Å². The maximum absolute atomic E-state index is 13.1. The minimum Gasteiger partial charge on any atom is -0.482 e. The van der Waals surface area contributed by atoms with Crippen molar-refractivity contribution < 1.29 is 22.3 Å².